The molecular weight excluding hydrogens is 315 g/mol. The quantitative estimate of drug-likeness (QED) is 0.882. The van der Waals surface area contributed by atoms with Crippen molar-refractivity contribution >= 4 is 50.5 Å². The Kier molecular flexibility index (Phi) is 4.17. The summed E-state index contributed by atoms with van der Waals surface area (Å²) in [5.74, 6) is -0.0351. The van der Waals surface area contributed by atoms with Gasteiger partial charge >= 0.3 is 0 Å². The third-order valence-electron chi connectivity index (χ3n) is 3.44. The van der Waals surface area contributed by atoms with Crippen LogP contribution < -0.4 is 10.6 Å². The Morgan fingerprint density at radius 3 is 3.00 bits per heavy atom. The summed E-state index contributed by atoms with van der Waals surface area (Å²) in [6.07, 6.45) is 2.12. The highest BCUT2D eigenvalue weighted by Gasteiger charge is 2.18. The van der Waals surface area contributed by atoms with Crippen molar-refractivity contribution in [1.29, 1.82) is 0 Å². The SMILES string of the molecule is O=C(N[C@@H]1CCCNC1)c1cc2c(Cl)c(Cl)ccc2s1. The first-order valence-electron chi connectivity index (χ1n) is 6.54. The molecule has 2 N–H and O–H groups in total. The zero-order valence-corrected chi connectivity index (χ0v) is 13.0. The van der Waals surface area contributed by atoms with E-state index in [1.807, 2.05) is 12.1 Å². The van der Waals surface area contributed by atoms with Gasteiger partial charge < -0.3 is 10.6 Å². The van der Waals surface area contributed by atoms with Crippen molar-refractivity contribution in [3.8, 4) is 0 Å². The molecule has 0 unspecified atom stereocenters. The molecule has 1 amide bonds. The van der Waals surface area contributed by atoms with Crippen LogP contribution in [0.5, 0.6) is 0 Å². The van der Waals surface area contributed by atoms with Gasteiger partial charge in [-0.05, 0) is 37.6 Å². The molecular formula is C14H14Cl2N2OS. The first-order chi connectivity index (χ1) is 9.65. The molecule has 2 aromatic rings. The standard InChI is InChI=1S/C14H14Cl2N2OS/c15-10-3-4-11-9(13(10)16)6-12(20-11)14(19)18-8-2-1-5-17-7-8/h3-4,6,8,17H,1-2,5,7H2,(H,18,19)/t8-/m1/s1. The van der Waals surface area contributed by atoms with E-state index in [-0.39, 0.29) is 11.9 Å². The summed E-state index contributed by atoms with van der Waals surface area (Å²) in [5.41, 5.74) is 0. The summed E-state index contributed by atoms with van der Waals surface area (Å²) in [7, 11) is 0. The number of fused-ring (bicyclic) bond motifs is 1. The van der Waals surface area contributed by atoms with Crippen molar-refractivity contribution in [2.75, 3.05) is 13.1 Å². The second kappa shape index (κ2) is 5.90. The maximum Gasteiger partial charge on any atom is 0.261 e. The number of halogens is 2. The van der Waals surface area contributed by atoms with Crippen molar-refractivity contribution in [1.82, 2.24) is 10.6 Å². The average molecular weight is 329 g/mol. The molecule has 0 saturated carbocycles. The third kappa shape index (κ3) is 2.79. The summed E-state index contributed by atoms with van der Waals surface area (Å²) < 4.78 is 0.978. The fourth-order valence-electron chi connectivity index (χ4n) is 2.39. The van der Waals surface area contributed by atoms with Crippen LogP contribution in [-0.2, 0) is 0 Å². The van der Waals surface area contributed by atoms with Crippen LogP contribution in [0.15, 0.2) is 18.2 Å². The van der Waals surface area contributed by atoms with Crippen LogP contribution in [0.1, 0.15) is 22.5 Å². The Morgan fingerprint density at radius 2 is 2.25 bits per heavy atom. The Bertz CT molecular complexity index is 650. The van der Waals surface area contributed by atoms with E-state index in [0.717, 1.165) is 36.0 Å². The molecule has 1 fully saturated rings. The molecule has 1 aliphatic heterocycles. The van der Waals surface area contributed by atoms with Gasteiger partial charge in [-0.15, -0.1) is 11.3 Å². The number of thiophene rings is 1. The summed E-state index contributed by atoms with van der Waals surface area (Å²) in [4.78, 5) is 12.9. The monoisotopic (exact) mass is 328 g/mol. The minimum absolute atomic E-state index is 0.0351. The van der Waals surface area contributed by atoms with Gasteiger partial charge in [0, 0.05) is 22.7 Å². The van der Waals surface area contributed by atoms with Gasteiger partial charge in [0.2, 0.25) is 0 Å². The zero-order valence-electron chi connectivity index (χ0n) is 10.7. The Hall–Kier alpha value is -0.810. The predicted octanol–water partition coefficient (Wildman–Crippen LogP) is 3.69. The van der Waals surface area contributed by atoms with Crippen molar-refractivity contribution in [3.05, 3.63) is 33.1 Å². The number of benzene rings is 1. The number of carbonyl (C=O) groups is 1. The second-order valence-corrected chi connectivity index (χ2v) is 6.77. The molecule has 1 aliphatic rings. The van der Waals surface area contributed by atoms with Gasteiger partial charge in [0.25, 0.3) is 5.91 Å². The van der Waals surface area contributed by atoms with Gasteiger partial charge in [0.05, 0.1) is 14.9 Å². The first-order valence-corrected chi connectivity index (χ1v) is 8.11. The number of carbonyl (C=O) groups excluding carboxylic acids is 1. The lowest BCUT2D eigenvalue weighted by Crippen LogP contribution is -2.45. The lowest BCUT2D eigenvalue weighted by atomic mass is 10.1. The van der Waals surface area contributed by atoms with Crippen LogP contribution in [0.25, 0.3) is 10.1 Å². The van der Waals surface area contributed by atoms with Crippen LogP contribution in [0.2, 0.25) is 10.0 Å². The normalized spacial score (nSPS) is 19.2. The summed E-state index contributed by atoms with van der Waals surface area (Å²) in [5, 5.41) is 8.22. The van der Waals surface area contributed by atoms with Crippen molar-refractivity contribution in [2.24, 2.45) is 0 Å². The maximum atomic E-state index is 12.3. The van der Waals surface area contributed by atoms with Gasteiger partial charge in [-0.2, -0.15) is 0 Å². The molecule has 0 spiro atoms. The number of nitrogens with one attached hydrogen (secondary N) is 2. The van der Waals surface area contributed by atoms with E-state index in [1.54, 1.807) is 6.07 Å². The Balaban J connectivity index is 1.82. The molecule has 1 saturated heterocycles. The first kappa shape index (κ1) is 14.1. The van der Waals surface area contributed by atoms with E-state index >= 15 is 0 Å². The number of hydrogen-bond acceptors (Lipinski definition) is 3. The van der Waals surface area contributed by atoms with Gasteiger partial charge in [0.1, 0.15) is 0 Å². The molecule has 106 valence electrons. The van der Waals surface area contributed by atoms with Crippen molar-refractivity contribution in [3.63, 3.8) is 0 Å². The molecule has 3 nitrogen and oxygen atoms in total. The van der Waals surface area contributed by atoms with E-state index in [4.69, 9.17) is 23.2 Å². The summed E-state index contributed by atoms with van der Waals surface area (Å²) >= 11 is 13.6. The number of amides is 1. The van der Waals surface area contributed by atoms with E-state index in [2.05, 4.69) is 10.6 Å². The average Bonchev–Trinajstić information content (AvgIpc) is 2.89. The van der Waals surface area contributed by atoms with E-state index < -0.39 is 0 Å². The second-order valence-electron chi connectivity index (χ2n) is 4.90. The molecule has 3 rings (SSSR count). The number of rotatable bonds is 2. The van der Waals surface area contributed by atoms with Crippen LogP contribution in [0, 0.1) is 0 Å². The third-order valence-corrected chi connectivity index (χ3v) is 5.36. The highest BCUT2D eigenvalue weighted by atomic mass is 35.5. The molecule has 0 bridgehead atoms. The Labute approximate surface area is 131 Å². The fraction of sp³-hybridized carbons (Fsp3) is 0.357. The van der Waals surface area contributed by atoms with E-state index in [9.17, 15) is 4.79 Å². The molecule has 20 heavy (non-hydrogen) atoms. The molecule has 0 radical (unpaired) electrons. The molecule has 2 heterocycles. The number of hydrogen-bond donors (Lipinski definition) is 2. The molecule has 1 aromatic carbocycles. The highest BCUT2D eigenvalue weighted by Crippen LogP contribution is 2.35. The lowest BCUT2D eigenvalue weighted by Gasteiger charge is -2.23. The van der Waals surface area contributed by atoms with Gasteiger partial charge in [-0.1, -0.05) is 23.2 Å². The van der Waals surface area contributed by atoms with E-state index in [0.29, 0.717) is 14.9 Å². The smallest absolute Gasteiger partial charge is 0.261 e. The maximum absolute atomic E-state index is 12.3. The van der Waals surface area contributed by atoms with Crippen LogP contribution in [0.4, 0.5) is 0 Å². The van der Waals surface area contributed by atoms with Gasteiger partial charge in [-0.25, -0.2) is 0 Å². The molecule has 1 atom stereocenters. The molecule has 6 heteroatoms. The largest absolute Gasteiger partial charge is 0.347 e. The molecule has 1 aromatic heterocycles. The lowest BCUT2D eigenvalue weighted by molar-refractivity contribution is 0.0935. The van der Waals surface area contributed by atoms with Crippen molar-refractivity contribution < 1.29 is 4.79 Å². The predicted molar refractivity (Wildman–Crippen MR) is 85.2 cm³/mol. The van der Waals surface area contributed by atoms with Crippen molar-refractivity contribution in [2.45, 2.75) is 18.9 Å². The zero-order chi connectivity index (χ0) is 14.1. The highest BCUT2D eigenvalue weighted by molar-refractivity contribution is 7.21. The molecule has 0 aliphatic carbocycles. The fourth-order valence-corrected chi connectivity index (χ4v) is 3.81. The van der Waals surface area contributed by atoms with Crippen LogP contribution in [-0.4, -0.2) is 25.0 Å². The van der Waals surface area contributed by atoms with Gasteiger partial charge in [-0.3, -0.25) is 4.79 Å². The summed E-state index contributed by atoms with van der Waals surface area (Å²) in [6.45, 7) is 1.87. The minimum Gasteiger partial charge on any atom is -0.347 e. The summed E-state index contributed by atoms with van der Waals surface area (Å²) in [6, 6.07) is 5.68. The van der Waals surface area contributed by atoms with E-state index in [1.165, 1.54) is 11.3 Å². The van der Waals surface area contributed by atoms with Crippen LogP contribution in [0.3, 0.4) is 0 Å². The Morgan fingerprint density at radius 1 is 1.40 bits per heavy atom. The topological polar surface area (TPSA) is 41.1 Å². The van der Waals surface area contributed by atoms with Gasteiger partial charge in [0.15, 0.2) is 0 Å². The number of piperidine rings is 1. The minimum atomic E-state index is -0.0351. The van der Waals surface area contributed by atoms with Crippen LogP contribution >= 0.6 is 34.5 Å².